The van der Waals surface area contributed by atoms with Gasteiger partial charge in [-0.2, -0.15) is 0 Å². The summed E-state index contributed by atoms with van der Waals surface area (Å²) >= 11 is 0. The summed E-state index contributed by atoms with van der Waals surface area (Å²) < 4.78 is 5.31. The molecule has 0 radical (unpaired) electrons. The van der Waals surface area contributed by atoms with E-state index in [1.54, 1.807) is 7.11 Å². The molecule has 0 amide bonds. The van der Waals surface area contributed by atoms with Crippen LogP contribution in [0.25, 0.3) is 0 Å². The van der Waals surface area contributed by atoms with Crippen molar-refractivity contribution in [2.24, 2.45) is 0 Å². The first kappa shape index (κ1) is 14.0. The van der Waals surface area contributed by atoms with Crippen molar-refractivity contribution >= 4 is 5.69 Å². The highest BCUT2D eigenvalue weighted by Gasteiger charge is 2.28. The summed E-state index contributed by atoms with van der Waals surface area (Å²) in [7, 11) is 1.71. The van der Waals surface area contributed by atoms with E-state index in [-0.39, 0.29) is 0 Å². The molecular formula is C18H22N2O. The molecule has 0 aliphatic heterocycles. The van der Waals surface area contributed by atoms with Crippen molar-refractivity contribution in [3.05, 3.63) is 59.7 Å². The third-order valence-corrected chi connectivity index (χ3v) is 3.95. The molecule has 3 nitrogen and oxygen atoms in total. The van der Waals surface area contributed by atoms with Crippen LogP contribution in [0.4, 0.5) is 5.69 Å². The number of benzene rings is 2. The molecule has 3 rings (SSSR count). The molecule has 1 aliphatic carbocycles. The number of anilines is 1. The zero-order valence-electron chi connectivity index (χ0n) is 12.5. The lowest BCUT2D eigenvalue weighted by Gasteiger charge is -2.22. The number of methoxy groups -OCH3 is 1. The Kier molecular flexibility index (Phi) is 4.11. The lowest BCUT2D eigenvalue weighted by atomic mass is 10.1. The molecule has 2 N–H and O–H groups in total. The summed E-state index contributed by atoms with van der Waals surface area (Å²) in [6, 6.07) is 17.3. The van der Waals surface area contributed by atoms with Crippen LogP contribution in [0.1, 0.15) is 24.0 Å². The van der Waals surface area contributed by atoms with Crippen LogP contribution >= 0.6 is 0 Å². The van der Waals surface area contributed by atoms with Gasteiger partial charge in [-0.05, 0) is 48.2 Å². The fourth-order valence-corrected chi connectivity index (χ4v) is 2.62. The van der Waals surface area contributed by atoms with Gasteiger partial charge in [0.1, 0.15) is 5.75 Å². The summed E-state index contributed by atoms with van der Waals surface area (Å²) in [5, 5.41) is 0. The van der Waals surface area contributed by atoms with E-state index in [2.05, 4.69) is 35.2 Å². The first-order chi connectivity index (χ1) is 10.2. The van der Waals surface area contributed by atoms with Crippen molar-refractivity contribution in [3.63, 3.8) is 0 Å². The molecule has 0 bridgehead atoms. The number of nitrogens with two attached hydrogens (primary N) is 1. The van der Waals surface area contributed by atoms with Crippen LogP contribution in [0.3, 0.4) is 0 Å². The maximum atomic E-state index is 5.76. The molecular weight excluding hydrogens is 260 g/mol. The van der Waals surface area contributed by atoms with Gasteiger partial charge in [-0.25, -0.2) is 0 Å². The second-order valence-corrected chi connectivity index (χ2v) is 5.73. The van der Waals surface area contributed by atoms with Crippen molar-refractivity contribution in [1.29, 1.82) is 0 Å². The van der Waals surface area contributed by atoms with Gasteiger partial charge >= 0.3 is 0 Å². The Morgan fingerprint density at radius 3 is 2.43 bits per heavy atom. The monoisotopic (exact) mass is 282 g/mol. The summed E-state index contributed by atoms with van der Waals surface area (Å²) in [4.78, 5) is 2.54. The average Bonchev–Trinajstić information content (AvgIpc) is 3.34. The van der Waals surface area contributed by atoms with Gasteiger partial charge in [-0.15, -0.1) is 0 Å². The van der Waals surface area contributed by atoms with Gasteiger partial charge in [0.25, 0.3) is 0 Å². The minimum atomic E-state index is 0.716. The predicted octanol–water partition coefficient (Wildman–Crippen LogP) is 3.44. The van der Waals surface area contributed by atoms with Crippen molar-refractivity contribution in [1.82, 2.24) is 4.90 Å². The van der Waals surface area contributed by atoms with Crippen molar-refractivity contribution in [2.75, 3.05) is 12.8 Å². The van der Waals surface area contributed by atoms with E-state index in [4.69, 9.17) is 10.5 Å². The van der Waals surface area contributed by atoms with Crippen LogP contribution in [0.15, 0.2) is 48.5 Å². The molecule has 0 spiro atoms. The number of hydrogen-bond acceptors (Lipinski definition) is 3. The van der Waals surface area contributed by atoms with Crippen LogP contribution in [-0.4, -0.2) is 18.1 Å². The molecule has 0 aromatic heterocycles. The van der Waals surface area contributed by atoms with Crippen molar-refractivity contribution in [3.8, 4) is 5.75 Å². The molecule has 1 aliphatic rings. The third kappa shape index (κ3) is 3.76. The van der Waals surface area contributed by atoms with E-state index >= 15 is 0 Å². The molecule has 0 atom stereocenters. The smallest absolute Gasteiger partial charge is 0.119 e. The largest absolute Gasteiger partial charge is 0.497 e. The van der Waals surface area contributed by atoms with Crippen LogP contribution in [0.2, 0.25) is 0 Å². The summed E-state index contributed by atoms with van der Waals surface area (Å²) in [5.74, 6) is 0.927. The van der Waals surface area contributed by atoms with Gasteiger partial charge in [0.2, 0.25) is 0 Å². The Balaban J connectivity index is 1.71. The number of rotatable bonds is 6. The molecule has 0 saturated heterocycles. The molecule has 3 heteroatoms. The van der Waals surface area contributed by atoms with Gasteiger partial charge in [0, 0.05) is 24.8 Å². The van der Waals surface area contributed by atoms with Gasteiger partial charge in [-0.3, -0.25) is 4.90 Å². The molecule has 21 heavy (non-hydrogen) atoms. The third-order valence-electron chi connectivity index (χ3n) is 3.95. The van der Waals surface area contributed by atoms with E-state index in [0.717, 1.165) is 24.5 Å². The number of nitrogens with zero attached hydrogens (tertiary/aromatic N) is 1. The molecule has 1 fully saturated rings. The van der Waals surface area contributed by atoms with E-state index in [1.807, 2.05) is 18.2 Å². The molecule has 1 saturated carbocycles. The van der Waals surface area contributed by atoms with E-state index in [0.29, 0.717) is 6.04 Å². The highest BCUT2D eigenvalue weighted by Crippen LogP contribution is 2.30. The van der Waals surface area contributed by atoms with E-state index in [9.17, 15) is 0 Å². The van der Waals surface area contributed by atoms with Crippen LogP contribution in [-0.2, 0) is 13.1 Å². The van der Waals surface area contributed by atoms with Gasteiger partial charge in [-0.1, -0.05) is 24.3 Å². The normalized spacial score (nSPS) is 14.4. The van der Waals surface area contributed by atoms with E-state index in [1.165, 1.54) is 24.0 Å². The SMILES string of the molecule is COc1cccc(CN(Cc2ccc(N)cc2)C2CC2)c1. The minimum Gasteiger partial charge on any atom is -0.497 e. The molecule has 0 unspecified atom stereocenters. The van der Waals surface area contributed by atoms with Gasteiger partial charge in [0.05, 0.1) is 7.11 Å². The summed E-state index contributed by atoms with van der Waals surface area (Å²) in [6.45, 7) is 1.94. The molecule has 110 valence electrons. The molecule has 0 heterocycles. The predicted molar refractivity (Wildman–Crippen MR) is 86.1 cm³/mol. The van der Waals surface area contributed by atoms with Gasteiger partial charge in [0.15, 0.2) is 0 Å². The minimum absolute atomic E-state index is 0.716. The zero-order chi connectivity index (χ0) is 14.7. The maximum Gasteiger partial charge on any atom is 0.119 e. The van der Waals surface area contributed by atoms with Crippen LogP contribution in [0.5, 0.6) is 5.75 Å². The number of nitrogen functional groups attached to an aromatic ring is 1. The van der Waals surface area contributed by atoms with Crippen LogP contribution in [0, 0.1) is 0 Å². The summed E-state index contributed by atoms with van der Waals surface area (Å²) in [6.07, 6.45) is 2.61. The second kappa shape index (κ2) is 6.19. The number of ether oxygens (including phenoxy) is 1. The lowest BCUT2D eigenvalue weighted by Crippen LogP contribution is -2.25. The second-order valence-electron chi connectivity index (χ2n) is 5.73. The average molecular weight is 282 g/mol. The topological polar surface area (TPSA) is 38.5 Å². The standard InChI is InChI=1S/C18H22N2O/c1-21-18-4-2-3-15(11-18)13-20(17-9-10-17)12-14-5-7-16(19)8-6-14/h2-8,11,17H,9-10,12-13,19H2,1H3. The highest BCUT2D eigenvalue weighted by atomic mass is 16.5. The Morgan fingerprint density at radius 2 is 1.76 bits per heavy atom. The highest BCUT2D eigenvalue weighted by molar-refractivity contribution is 5.39. The van der Waals surface area contributed by atoms with Crippen molar-refractivity contribution in [2.45, 2.75) is 32.0 Å². The summed E-state index contributed by atoms with van der Waals surface area (Å²) in [5.41, 5.74) is 9.20. The fraction of sp³-hybridized carbons (Fsp3) is 0.333. The van der Waals surface area contributed by atoms with Gasteiger partial charge < -0.3 is 10.5 Å². The van der Waals surface area contributed by atoms with Crippen LogP contribution < -0.4 is 10.5 Å². The van der Waals surface area contributed by atoms with Crippen molar-refractivity contribution < 1.29 is 4.74 Å². The quantitative estimate of drug-likeness (QED) is 0.825. The first-order valence-corrected chi connectivity index (χ1v) is 7.46. The first-order valence-electron chi connectivity index (χ1n) is 7.46. The Morgan fingerprint density at radius 1 is 1.05 bits per heavy atom. The maximum absolute atomic E-state index is 5.76. The zero-order valence-corrected chi connectivity index (χ0v) is 12.5. The fourth-order valence-electron chi connectivity index (χ4n) is 2.62. The Labute approximate surface area is 126 Å². The molecule has 2 aromatic carbocycles. The Bertz CT molecular complexity index is 590. The lowest BCUT2D eigenvalue weighted by molar-refractivity contribution is 0.245. The molecule has 2 aromatic rings. The Hall–Kier alpha value is -2.00. The van der Waals surface area contributed by atoms with E-state index < -0.39 is 0 Å². The number of hydrogen-bond donors (Lipinski definition) is 1.